The maximum Gasteiger partial charge on any atom is 0.0465 e. The average Bonchev–Trinajstić information content (AvgIpc) is 4.00. The van der Waals surface area contributed by atoms with E-state index in [0.717, 1.165) is 45.3 Å². The van der Waals surface area contributed by atoms with Gasteiger partial charge in [-0.3, -0.25) is 0 Å². The normalized spacial score (nSPS) is 12.1. The van der Waals surface area contributed by atoms with Gasteiger partial charge < -0.3 is 9.80 Å². The molecule has 0 spiro atoms. The van der Waals surface area contributed by atoms with E-state index in [2.05, 4.69) is 328 Å². The van der Waals surface area contributed by atoms with E-state index in [-0.39, 0.29) is 5.41 Å². The highest BCUT2D eigenvalue weighted by molar-refractivity contribution is 5.96. The number of benzene rings is 12. The van der Waals surface area contributed by atoms with E-state index in [0.29, 0.717) is 0 Å². The molecule has 1 aliphatic carbocycles. The minimum atomic E-state index is -0.156. The third kappa shape index (κ3) is 8.87. The fourth-order valence-electron chi connectivity index (χ4n) is 11.9. The van der Waals surface area contributed by atoms with Gasteiger partial charge in [-0.1, -0.05) is 226 Å². The lowest BCUT2D eigenvalue weighted by Gasteiger charge is -2.28. The Morgan fingerprint density at radius 1 is 0.231 bits per heavy atom. The maximum absolute atomic E-state index is 2.44. The minimum Gasteiger partial charge on any atom is -0.311 e. The summed E-state index contributed by atoms with van der Waals surface area (Å²) in [6, 6.07) is 108. The van der Waals surface area contributed by atoms with Gasteiger partial charge in [-0.05, 0) is 186 Å². The van der Waals surface area contributed by atoms with Crippen molar-refractivity contribution in [2.24, 2.45) is 0 Å². The summed E-state index contributed by atoms with van der Waals surface area (Å²) in [5, 5.41) is 0. The van der Waals surface area contributed by atoms with Gasteiger partial charge in [-0.25, -0.2) is 0 Å². The van der Waals surface area contributed by atoms with Crippen LogP contribution in [0.2, 0.25) is 0 Å². The van der Waals surface area contributed by atoms with Crippen molar-refractivity contribution in [1.82, 2.24) is 0 Å². The van der Waals surface area contributed by atoms with Crippen LogP contribution in [0, 0.1) is 6.92 Å². The molecule has 0 aromatic heterocycles. The number of rotatable bonds is 12. The maximum atomic E-state index is 2.44. The molecule has 0 radical (unpaired) electrons. The molecule has 0 saturated carbocycles. The fraction of sp³-hybridized carbons (Fsp3) is 0.0526. The van der Waals surface area contributed by atoms with E-state index >= 15 is 0 Å². The molecule has 13 rings (SSSR count). The van der Waals surface area contributed by atoms with Crippen LogP contribution in [0.4, 0.5) is 34.1 Å². The van der Waals surface area contributed by atoms with E-state index in [1.54, 1.807) is 0 Å². The van der Waals surface area contributed by atoms with E-state index in [4.69, 9.17) is 0 Å². The highest BCUT2D eigenvalue weighted by Gasteiger charge is 2.37. The first-order valence-electron chi connectivity index (χ1n) is 27.1. The third-order valence-corrected chi connectivity index (χ3v) is 15.8. The number of para-hydroxylation sites is 2. The molecule has 0 N–H and O–H groups in total. The van der Waals surface area contributed by atoms with Gasteiger partial charge in [-0.15, -0.1) is 0 Å². The van der Waals surface area contributed by atoms with Gasteiger partial charge in [0, 0.05) is 39.5 Å². The zero-order valence-electron chi connectivity index (χ0n) is 44.2. The van der Waals surface area contributed by atoms with Crippen molar-refractivity contribution in [3.63, 3.8) is 0 Å². The SMILES string of the molecule is Cc1cccc2c1-c1ccc(N(c3ccc(-c4ccccc4-c4ccccc4)cc3)c3ccc(-c4cc(-c5ccccc5)c(-c5ccc(N(c6ccccc6)c6ccccc6)cc5)cc4-c4ccccc4)cc3)cc1C2(C)C. The highest BCUT2D eigenvalue weighted by Crippen LogP contribution is 2.52. The Kier molecular flexibility index (Phi) is 12.5. The number of aryl methyl sites for hydroxylation is 1. The van der Waals surface area contributed by atoms with Crippen molar-refractivity contribution in [3.05, 3.63) is 314 Å². The summed E-state index contributed by atoms with van der Waals surface area (Å²) in [7, 11) is 0. The Balaban J connectivity index is 0.931. The molecular formula is C76H58N2. The molecule has 0 amide bonds. The van der Waals surface area contributed by atoms with Crippen molar-refractivity contribution in [1.29, 1.82) is 0 Å². The monoisotopic (exact) mass is 998 g/mol. The topological polar surface area (TPSA) is 6.48 Å². The second-order valence-electron chi connectivity index (χ2n) is 20.9. The van der Waals surface area contributed by atoms with Crippen LogP contribution in [0.1, 0.15) is 30.5 Å². The quantitative estimate of drug-likeness (QED) is 0.120. The van der Waals surface area contributed by atoms with Crippen molar-refractivity contribution in [2.75, 3.05) is 9.80 Å². The largest absolute Gasteiger partial charge is 0.311 e. The van der Waals surface area contributed by atoms with Gasteiger partial charge in [0.2, 0.25) is 0 Å². The molecule has 1 aliphatic rings. The number of hydrogen-bond donors (Lipinski definition) is 0. The molecule has 78 heavy (non-hydrogen) atoms. The first kappa shape index (κ1) is 47.9. The van der Waals surface area contributed by atoms with Crippen LogP contribution in [-0.2, 0) is 5.41 Å². The summed E-state index contributed by atoms with van der Waals surface area (Å²) < 4.78 is 0. The molecule has 12 aromatic rings. The Bertz CT molecular complexity index is 4020. The minimum absolute atomic E-state index is 0.156. The second-order valence-corrected chi connectivity index (χ2v) is 20.9. The van der Waals surface area contributed by atoms with Gasteiger partial charge in [0.25, 0.3) is 0 Å². The highest BCUT2D eigenvalue weighted by atomic mass is 15.1. The predicted molar refractivity (Wildman–Crippen MR) is 331 cm³/mol. The molecule has 0 saturated heterocycles. The summed E-state index contributed by atoms with van der Waals surface area (Å²) in [5.41, 5.74) is 27.4. The molecule has 372 valence electrons. The zero-order valence-corrected chi connectivity index (χ0v) is 44.2. The fourth-order valence-corrected chi connectivity index (χ4v) is 11.9. The molecule has 2 nitrogen and oxygen atoms in total. The molecule has 0 unspecified atom stereocenters. The van der Waals surface area contributed by atoms with Crippen LogP contribution < -0.4 is 9.80 Å². The summed E-state index contributed by atoms with van der Waals surface area (Å²) in [4.78, 5) is 4.75. The summed E-state index contributed by atoms with van der Waals surface area (Å²) in [6.07, 6.45) is 0. The molecule has 0 atom stereocenters. The molecule has 2 heteroatoms. The van der Waals surface area contributed by atoms with Gasteiger partial charge in [0.15, 0.2) is 0 Å². The molecular weight excluding hydrogens is 941 g/mol. The molecule has 0 bridgehead atoms. The third-order valence-electron chi connectivity index (χ3n) is 15.8. The Hall–Kier alpha value is -9.76. The van der Waals surface area contributed by atoms with Gasteiger partial charge in [0.05, 0.1) is 0 Å². The Morgan fingerprint density at radius 2 is 0.551 bits per heavy atom. The lowest BCUT2D eigenvalue weighted by atomic mass is 9.82. The van der Waals surface area contributed by atoms with E-state index in [9.17, 15) is 0 Å². The number of nitrogens with zero attached hydrogens (tertiary/aromatic N) is 2. The van der Waals surface area contributed by atoms with Crippen LogP contribution in [-0.4, -0.2) is 0 Å². The first-order chi connectivity index (χ1) is 38.4. The predicted octanol–water partition coefficient (Wildman–Crippen LogP) is 21.2. The summed E-state index contributed by atoms with van der Waals surface area (Å²) in [6.45, 7) is 6.99. The number of hydrogen-bond acceptors (Lipinski definition) is 2. The number of anilines is 6. The molecule has 0 fully saturated rings. The zero-order chi connectivity index (χ0) is 52.6. The molecule has 0 aliphatic heterocycles. The average molecular weight is 999 g/mol. The van der Waals surface area contributed by atoms with Crippen LogP contribution in [0.5, 0.6) is 0 Å². The lowest BCUT2D eigenvalue weighted by Crippen LogP contribution is -2.16. The second kappa shape index (κ2) is 20.4. The Morgan fingerprint density at radius 3 is 0.974 bits per heavy atom. The van der Waals surface area contributed by atoms with E-state index < -0.39 is 0 Å². The van der Waals surface area contributed by atoms with E-state index in [1.807, 2.05) is 0 Å². The van der Waals surface area contributed by atoms with Gasteiger partial charge >= 0.3 is 0 Å². The van der Waals surface area contributed by atoms with Crippen molar-refractivity contribution < 1.29 is 0 Å². The standard InChI is InChI=1S/C76H58N2/c1-53-22-21-35-73-75(53)68-49-48-65(50-74(68)76(73,2)3)78(63-42-36-57(37-43-63)67-34-20-19-33-66(67)54-23-9-4-10-24-54)64-46-40-59(41-47-64)72-52-69(55-25-11-5-12-26-55)71(51-70(72)56-27-13-6-14-28-56)58-38-44-62(45-39-58)77(60-29-15-7-16-30-60)61-31-17-8-18-32-61/h4-52H,1-3H3. The van der Waals surface area contributed by atoms with Crippen LogP contribution in [0.3, 0.4) is 0 Å². The van der Waals surface area contributed by atoms with Crippen LogP contribution in [0.25, 0.3) is 77.9 Å². The van der Waals surface area contributed by atoms with Crippen molar-refractivity contribution >= 4 is 34.1 Å². The van der Waals surface area contributed by atoms with Crippen molar-refractivity contribution in [3.8, 4) is 77.9 Å². The summed E-state index contributed by atoms with van der Waals surface area (Å²) >= 11 is 0. The van der Waals surface area contributed by atoms with Crippen LogP contribution >= 0.6 is 0 Å². The molecule has 0 heterocycles. The lowest BCUT2D eigenvalue weighted by molar-refractivity contribution is 0.660. The van der Waals surface area contributed by atoms with E-state index in [1.165, 1.54) is 83.5 Å². The molecule has 12 aromatic carbocycles. The van der Waals surface area contributed by atoms with Gasteiger partial charge in [0.1, 0.15) is 0 Å². The Labute approximate surface area is 459 Å². The van der Waals surface area contributed by atoms with Crippen molar-refractivity contribution in [2.45, 2.75) is 26.2 Å². The smallest absolute Gasteiger partial charge is 0.0465 e. The van der Waals surface area contributed by atoms with Gasteiger partial charge in [-0.2, -0.15) is 0 Å². The summed E-state index contributed by atoms with van der Waals surface area (Å²) in [5.74, 6) is 0. The number of fused-ring (bicyclic) bond motifs is 3. The first-order valence-corrected chi connectivity index (χ1v) is 27.1. The van der Waals surface area contributed by atoms with Crippen LogP contribution in [0.15, 0.2) is 297 Å².